The molecule has 262 valence electrons. The Hall–Kier alpha value is -7.70. The molecular formula is C50H30N4O2. The van der Waals surface area contributed by atoms with E-state index < -0.39 is 0 Å². The quantitative estimate of drug-likeness (QED) is 0.170. The molecule has 6 heteroatoms. The van der Waals surface area contributed by atoms with Crippen LogP contribution in [0.1, 0.15) is 0 Å². The van der Waals surface area contributed by atoms with Crippen molar-refractivity contribution in [3.8, 4) is 67.9 Å². The first-order valence-corrected chi connectivity index (χ1v) is 18.5. The molecule has 11 rings (SSSR count). The zero-order valence-electron chi connectivity index (χ0n) is 29.9. The average molecular weight is 719 g/mol. The normalized spacial score (nSPS) is 11.6. The summed E-state index contributed by atoms with van der Waals surface area (Å²) in [6, 6.07) is 61.8. The lowest BCUT2D eigenvalue weighted by Crippen LogP contribution is -2.00. The zero-order chi connectivity index (χ0) is 37.0. The van der Waals surface area contributed by atoms with E-state index in [4.69, 9.17) is 28.8 Å². The van der Waals surface area contributed by atoms with Gasteiger partial charge in [0.25, 0.3) is 0 Å². The van der Waals surface area contributed by atoms with Crippen LogP contribution in [0.3, 0.4) is 0 Å². The highest BCUT2D eigenvalue weighted by molar-refractivity contribution is 6.08. The van der Waals surface area contributed by atoms with Crippen LogP contribution in [-0.4, -0.2) is 19.9 Å². The van der Waals surface area contributed by atoms with Gasteiger partial charge in [-0.25, -0.2) is 19.9 Å². The van der Waals surface area contributed by atoms with Gasteiger partial charge in [-0.1, -0.05) is 140 Å². The van der Waals surface area contributed by atoms with Crippen LogP contribution in [-0.2, 0) is 0 Å². The first-order chi connectivity index (χ1) is 27.7. The molecule has 0 aliphatic carbocycles. The Labute approximate surface area is 321 Å². The molecule has 56 heavy (non-hydrogen) atoms. The molecule has 0 fully saturated rings. The van der Waals surface area contributed by atoms with Gasteiger partial charge in [-0.2, -0.15) is 0 Å². The van der Waals surface area contributed by atoms with Gasteiger partial charge in [-0.05, 0) is 69.9 Å². The molecular weight excluding hydrogens is 689 g/mol. The van der Waals surface area contributed by atoms with Gasteiger partial charge in [0.15, 0.2) is 23.1 Å². The minimum atomic E-state index is 0.579. The van der Waals surface area contributed by atoms with Crippen LogP contribution in [0.15, 0.2) is 191 Å². The van der Waals surface area contributed by atoms with Crippen molar-refractivity contribution in [2.75, 3.05) is 0 Å². The molecule has 11 aromatic rings. The number of oxazole rings is 1. The number of aromatic nitrogens is 4. The first kappa shape index (κ1) is 31.8. The number of rotatable bonds is 6. The Morgan fingerprint density at radius 1 is 0.321 bits per heavy atom. The molecule has 3 aromatic heterocycles. The van der Waals surface area contributed by atoms with Crippen molar-refractivity contribution in [2.45, 2.75) is 0 Å². The Balaban J connectivity index is 1.01. The maximum absolute atomic E-state index is 6.73. The van der Waals surface area contributed by atoms with E-state index in [2.05, 4.69) is 91.0 Å². The summed E-state index contributed by atoms with van der Waals surface area (Å²) in [5.41, 5.74) is 10.9. The maximum atomic E-state index is 6.73. The van der Waals surface area contributed by atoms with Crippen LogP contribution >= 0.6 is 0 Å². The number of hydrogen-bond donors (Lipinski definition) is 0. The highest BCUT2D eigenvalue weighted by Crippen LogP contribution is 2.40. The molecule has 0 amide bonds. The number of hydrogen-bond acceptors (Lipinski definition) is 6. The molecule has 0 saturated carbocycles. The number of para-hydroxylation sites is 1. The second-order valence-electron chi connectivity index (χ2n) is 13.8. The van der Waals surface area contributed by atoms with E-state index in [1.165, 1.54) is 5.39 Å². The van der Waals surface area contributed by atoms with Crippen LogP contribution in [0, 0.1) is 0 Å². The summed E-state index contributed by atoms with van der Waals surface area (Å²) in [5, 5.41) is 4.31. The summed E-state index contributed by atoms with van der Waals surface area (Å²) in [6.07, 6.45) is 0. The Morgan fingerprint density at radius 2 is 0.911 bits per heavy atom. The van der Waals surface area contributed by atoms with E-state index in [1.807, 2.05) is 91.0 Å². The van der Waals surface area contributed by atoms with E-state index in [9.17, 15) is 0 Å². The van der Waals surface area contributed by atoms with Gasteiger partial charge < -0.3 is 8.83 Å². The maximum Gasteiger partial charge on any atom is 0.227 e. The standard InChI is InChI=1S/C50H30N4O2/c1-4-13-31(14-5-1)40-27-34-19-10-11-20-35(34)28-42(40)50-51-43-22-12-21-38(46(43)56-50)36-24-26-44-41(29-36)39-25-23-37(30-45(39)55-44)49-53-47(32-15-6-2-7-16-32)52-48(54-49)33-17-8-3-9-18-33/h1-30H. The Kier molecular flexibility index (Phi) is 7.38. The van der Waals surface area contributed by atoms with E-state index in [0.717, 1.165) is 82.9 Å². The fourth-order valence-corrected chi connectivity index (χ4v) is 7.59. The minimum Gasteiger partial charge on any atom is -0.456 e. The predicted molar refractivity (Wildman–Crippen MR) is 225 cm³/mol. The number of furan rings is 1. The monoisotopic (exact) mass is 718 g/mol. The lowest BCUT2D eigenvalue weighted by atomic mass is 9.95. The Bertz CT molecular complexity index is 3190. The number of benzene rings is 8. The van der Waals surface area contributed by atoms with Crippen LogP contribution in [0.4, 0.5) is 0 Å². The second-order valence-corrected chi connectivity index (χ2v) is 13.8. The molecule has 3 heterocycles. The summed E-state index contributed by atoms with van der Waals surface area (Å²) in [6.45, 7) is 0. The summed E-state index contributed by atoms with van der Waals surface area (Å²) in [5.74, 6) is 2.40. The van der Waals surface area contributed by atoms with Crippen molar-refractivity contribution in [1.29, 1.82) is 0 Å². The first-order valence-electron chi connectivity index (χ1n) is 18.5. The van der Waals surface area contributed by atoms with Crippen molar-refractivity contribution in [3.63, 3.8) is 0 Å². The average Bonchev–Trinajstić information content (AvgIpc) is 3.88. The fraction of sp³-hybridized carbons (Fsp3) is 0. The van der Waals surface area contributed by atoms with Crippen LogP contribution in [0.2, 0.25) is 0 Å². The molecule has 0 bridgehead atoms. The topological polar surface area (TPSA) is 77.8 Å². The minimum absolute atomic E-state index is 0.579. The van der Waals surface area contributed by atoms with Crippen molar-refractivity contribution in [2.24, 2.45) is 0 Å². The van der Waals surface area contributed by atoms with Crippen LogP contribution < -0.4 is 0 Å². The third-order valence-corrected chi connectivity index (χ3v) is 10.4. The molecule has 8 aromatic carbocycles. The van der Waals surface area contributed by atoms with Gasteiger partial charge in [-0.3, -0.25) is 0 Å². The van der Waals surface area contributed by atoms with Crippen molar-refractivity contribution < 1.29 is 8.83 Å². The summed E-state index contributed by atoms with van der Waals surface area (Å²) in [4.78, 5) is 19.7. The second kappa shape index (κ2) is 13.0. The Morgan fingerprint density at radius 3 is 1.59 bits per heavy atom. The zero-order valence-corrected chi connectivity index (χ0v) is 29.9. The molecule has 0 aliphatic rings. The number of nitrogens with zero attached hydrogens (tertiary/aromatic N) is 4. The summed E-state index contributed by atoms with van der Waals surface area (Å²) < 4.78 is 13.2. The SMILES string of the molecule is c1ccc(-c2nc(-c3ccccc3)nc(-c3ccc4c(c3)oc3ccc(-c5cccc6nc(-c7cc8ccccc8cc7-c7ccccc7)oc56)cc34)n2)cc1. The van der Waals surface area contributed by atoms with Gasteiger partial charge in [-0.15, -0.1) is 0 Å². The molecule has 0 saturated heterocycles. The van der Waals surface area contributed by atoms with Crippen molar-refractivity contribution >= 4 is 43.8 Å². The van der Waals surface area contributed by atoms with Gasteiger partial charge in [0.1, 0.15) is 16.7 Å². The van der Waals surface area contributed by atoms with Gasteiger partial charge in [0, 0.05) is 38.6 Å². The van der Waals surface area contributed by atoms with Gasteiger partial charge in [0.05, 0.1) is 0 Å². The van der Waals surface area contributed by atoms with Gasteiger partial charge in [0.2, 0.25) is 5.89 Å². The fourth-order valence-electron chi connectivity index (χ4n) is 7.59. The van der Waals surface area contributed by atoms with Crippen molar-refractivity contribution in [3.05, 3.63) is 182 Å². The molecule has 0 N–H and O–H groups in total. The summed E-state index contributed by atoms with van der Waals surface area (Å²) in [7, 11) is 0. The van der Waals surface area contributed by atoms with Crippen molar-refractivity contribution in [1.82, 2.24) is 19.9 Å². The number of fused-ring (bicyclic) bond motifs is 5. The molecule has 0 radical (unpaired) electrons. The van der Waals surface area contributed by atoms with Crippen LogP contribution in [0.25, 0.3) is 112 Å². The van der Waals surface area contributed by atoms with E-state index in [-0.39, 0.29) is 0 Å². The summed E-state index contributed by atoms with van der Waals surface area (Å²) >= 11 is 0. The van der Waals surface area contributed by atoms with E-state index >= 15 is 0 Å². The van der Waals surface area contributed by atoms with Crippen LogP contribution in [0.5, 0.6) is 0 Å². The smallest absolute Gasteiger partial charge is 0.227 e. The highest BCUT2D eigenvalue weighted by Gasteiger charge is 2.19. The highest BCUT2D eigenvalue weighted by atomic mass is 16.3. The lowest BCUT2D eigenvalue weighted by Gasteiger charge is -2.10. The molecule has 0 unspecified atom stereocenters. The lowest BCUT2D eigenvalue weighted by molar-refractivity contribution is 0.621. The molecule has 0 aliphatic heterocycles. The predicted octanol–water partition coefficient (Wildman–Crippen LogP) is 13.1. The molecule has 0 atom stereocenters. The van der Waals surface area contributed by atoms with E-state index in [1.54, 1.807) is 0 Å². The van der Waals surface area contributed by atoms with E-state index in [0.29, 0.717) is 23.4 Å². The third kappa shape index (κ3) is 5.51. The molecule has 0 spiro atoms. The van der Waals surface area contributed by atoms with Gasteiger partial charge >= 0.3 is 0 Å². The largest absolute Gasteiger partial charge is 0.456 e. The third-order valence-electron chi connectivity index (χ3n) is 10.4. The molecule has 6 nitrogen and oxygen atoms in total.